The summed E-state index contributed by atoms with van der Waals surface area (Å²) in [4.78, 5) is 14.7. The summed E-state index contributed by atoms with van der Waals surface area (Å²) in [6.45, 7) is 2.44. The molecule has 1 amide bonds. The van der Waals surface area contributed by atoms with E-state index in [1.165, 1.54) is 6.26 Å². The van der Waals surface area contributed by atoms with Crippen molar-refractivity contribution < 1.29 is 23.4 Å². The largest absolute Gasteiger partial charge is 0.487 e. The minimum absolute atomic E-state index is 0.0760. The highest BCUT2D eigenvalue weighted by atomic mass is 35.5. The first-order chi connectivity index (χ1) is 16.2. The second-order valence-corrected chi connectivity index (χ2v) is 8.76. The van der Waals surface area contributed by atoms with Gasteiger partial charge in [-0.25, -0.2) is 0 Å². The van der Waals surface area contributed by atoms with Gasteiger partial charge in [0, 0.05) is 17.2 Å². The molecule has 0 N–H and O–H groups in total. The van der Waals surface area contributed by atoms with Gasteiger partial charge in [-0.15, -0.1) is 0 Å². The molecule has 2 aliphatic heterocycles. The van der Waals surface area contributed by atoms with Gasteiger partial charge >= 0.3 is 0 Å². The van der Waals surface area contributed by atoms with E-state index in [1.807, 2.05) is 36.4 Å². The molecule has 2 aliphatic rings. The zero-order valence-corrected chi connectivity index (χ0v) is 19.1. The van der Waals surface area contributed by atoms with Crippen molar-refractivity contribution in [2.45, 2.75) is 31.9 Å². The van der Waals surface area contributed by atoms with Crippen LogP contribution in [0.1, 0.15) is 35.4 Å². The van der Waals surface area contributed by atoms with Gasteiger partial charge in [-0.05, 0) is 66.8 Å². The van der Waals surface area contributed by atoms with Crippen LogP contribution >= 0.6 is 11.6 Å². The zero-order valence-electron chi connectivity index (χ0n) is 18.3. The van der Waals surface area contributed by atoms with E-state index in [0.29, 0.717) is 48.6 Å². The SMILES string of the molecule is O=C(c1ccco1)N1CCOc2c(cc(-c3cccc(Cl)c3)cc2OC[C@H]2CCCCO2)C1. The highest BCUT2D eigenvalue weighted by molar-refractivity contribution is 6.30. The molecule has 5 rings (SSSR count). The molecule has 172 valence electrons. The minimum Gasteiger partial charge on any atom is -0.487 e. The quantitative estimate of drug-likeness (QED) is 0.490. The number of rotatable bonds is 5. The van der Waals surface area contributed by atoms with Gasteiger partial charge in [-0.1, -0.05) is 23.7 Å². The molecule has 3 heterocycles. The summed E-state index contributed by atoms with van der Waals surface area (Å²) in [6, 6.07) is 15.1. The van der Waals surface area contributed by atoms with Crippen molar-refractivity contribution in [3.63, 3.8) is 0 Å². The summed E-state index contributed by atoms with van der Waals surface area (Å²) in [7, 11) is 0. The number of hydrogen-bond donors (Lipinski definition) is 0. The Kier molecular flexibility index (Phi) is 6.55. The third-order valence-electron chi connectivity index (χ3n) is 5.98. The van der Waals surface area contributed by atoms with Crippen molar-refractivity contribution in [3.8, 4) is 22.6 Å². The van der Waals surface area contributed by atoms with Gasteiger partial charge in [0.2, 0.25) is 0 Å². The Bertz CT molecular complexity index is 1110. The van der Waals surface area contributed by atoms with Crippen molar-refractivity contribution in [1.82, 2.24) is 4.90 Å². The van der Waals surface area contributed by atoms with E-state index >= 15 is 0 Å². The molecular formula is C26H26ClNO5. The molecule has 1 saturated heterocycles. The molecule has 7 heteroatoms. The average molecular weight is 468 g/mol. The van der Waals surface area contributed by atoms with Crippen molar-refractivity contribution in [2.75, 3.05) is 26.4 Å². The van der Waals surface area contributed by atoms with Crippen molar-refractivity contribution in [2.24, 2.45) is 0 Å². The van der Waals surface area contributed by atoms with Crippen LogP contribution in [-0.2, 0) is 11.3 Å². The third kappa shape index (κ3) is 5.02. The van der Waals surface area contributed by atoms with Gasteiger partial charge in [0.1, 0.15) is 13.2 Å². The lowest BCUT2D eigenvalue weighted by Crippen LogP contribution is -2.32. The number of amides is 1. The topological polar surface area (TPSA) is 61.1 Å². The Balaban J connectivity index is 1.48. The summed E-state index contributed by atoms with van der Waals surface area (Å²) in [5, 5.41) is 0.659. The van der Waals surface area contributed by atoms with Gasteiger partial charge < -0.3 is 23.5 Å². The van der Waals surface area contributed by atoms with Crippen LogP contribution in [0.25, 0.3) is 11.1 Å². The fourth-order valence-corrected chi connectivity index (χ4v) is 4.47. The van der Waals surface area contributed by atoms with E-state index < -0.39 is 0 Å². The summed E-state index contributed by atoms with van der Waals surface area (Å²) < 4.78 is 23.5. The molecule has 3 aromatic rings. The van der Waals surface area contributed by atoms with Crippen LogP contribution in [0.4, 0.5) is 0 Å². The predicted molar refractivity (Wildman–Crippen MR) is 125 cm³/mol. The molecule has 0 radical (unpaired) electrons. The lowest BCUT2D eigenvalue weighted by atomic mass is 10.0. The van der Waals surface area contributed by atoms with Gasteiger partial charge in [0.15, 0.2) is 17.3 Å². The summed E-state index contributed by atoms with van der Waals surface area (Å²) in [5.74, 6) is 1.48. The molecular weight excluding hydrogens is 442 g/mol. The Morgan fingerprint density at radius 2 is 2.03 bits per heavy atom. The van der Waals surface area contributed by atoms with E-state index in [0.717, 1.165) is 42.6 Å². The number of fused-ring (bicyclic) bond motifs is 1. The number of hydrogen-bond acceptors (Lipinski definition) is 5. The first-order valence-electron chi connectivity index (χ1n) is 11.3. The number of carbonyl (C=O) groups is 1. The van der Waals surface area contributed by atoms with Gasteiger partial charge in [0.25, 0.3) is 5.91 Å². The van der Waals surface area contributed by atoms with E-state index in [1.54, 1.807) is 17.0 Å². The van der Waals surface area contributed by atoms with Crippen LogP contribution in [-0.4, -0.2) is 43.3 Å². The van der Waals surface area contributed by atoms with E-state index in [-0.39, 0.29) is 12.0 Å². The van der Waals surface area contributed by atoms with Crippen molar-refractivity contribution in [1.29, 1.82) is 0 Å². The fourth-order valence-electron chi connectivity index (χ4n) is 4.28. The van der Waals surface area contributed by atoms with E-state index in [4.69, 9.17) is 30.2 Å². The average Bonchev–Trinajstić information content (AvgIpc) is 3.29. The smallest absolute Gasteiger partial charge is 0.289 e. The summed E-state index contributed by atoms with van der Waals surface area (Å²) >= 11 is 6.25. The minimum atomic E-state index is -0.164. The monoisotopic (exact) mass is 467 g/mol. The number of ether oxygens (including phenoxy) is 3. The number of furan rings is 1. The molecule has 2 aromatic carbocycles. The van der Waals surface area contributed by atoms with Gasteiger partial charge in [0.05, 0.1) is 25.5 Å². The predicted octanol–water partition coefficient (Wildman–Crippen LogP) is 5.58. The molecule has 0 saturated carbocycles. The van der Waals surface area contributed by atoms with Crippen LogP contribution in [0.3, 0.4) is 0 Å². The maximum atomic E-state index is 13.0. The normalized spacial score (nSPS) is 18.2. The molecule has 1 aromatic heterocycles. The summed E-state index contributed by atoms with van der Waals surface area (Å²) in [5.41, 5.74) is 2.80. The number of carbonyl (C=O) groups excluding carboxylic acids is 1. The molecule has 6 nitrogen and oxygen atoms in total. The van der Waals surface area contributed by atoms with Crippen LogP contribution in [0.15, 0.2) is 59.2 Å². The molecule has 1 fully saturated rings. The van der Waals surface area contributed by atoms with Crippen LogP contribution in [0, 0.1) is 0 Å². The molecule has 33 heavy (non-hydrogen) atoms. The lowest BCUT2D eigenvalue weighted by Gasteiger charge is -2.24. The lowest BCUT2D eigenvalue weighted by molar-refractivity contribution is -0.0115. The second-order valence-electron chi connectivity index (χ2n) is 8.33. The van der Waals surface area contributed by atoms with Crippen LogP contribution in [0.5, 0.6) is 11.5 Å². The van der Waals surface area contributed by atoms with Crippen LogP contribution < -0.4 is 9.47 Å². The molecule has 1 atom stereocenters. The Morgan fingerprint density at radius 3 is 2.82 bits per heavy atom. The zero-order chi connectivity index (χ0) is 22.6. The second kappa shape index (κ2) is 9.89. The highest BCUT2D eigenvalue weighted by Gasteiger charge is 2.26. The molecule has 0 bridgehead atoms. The van der Waals surface area contributed by atoms with Gasteiger partial charge in [-0.2, -0.15) is 0 Å². The Labute approximate surface area is 198 Å². The van der Waals surface area contributed by atoms with Crippen molar-refractivity contribution in [3.05, 3.63) is 71.1 Å². The first kappa shape index (κ1) is 21.9. The maximum absolute atomic E-state index is 13.0. The third-order valence-corrected chi connectivity index (χ3v) is 6.21. The summed E-state index contributed by atoms with van der Waals surface area (Å²) in [6.07, 6.45) is 4.81. The Hall–Kier alpha value is -2.96. The standard InChI is InChI=1S/C26H26ClNO5/c27-21-6-3-5-18(14-21)19-13-20-16-28(26(29)23-8-4-11-31-23)9-12-32-25(20)24(15-19)33-17-22-7-1-2-10-30-22/h3-6,8,11,13-15,22H,1-2,7,9-10,12,16-17H2/t22-/m1/s1. The van der Waals surface area contributed by atoms with Crippen molar-refractivity contribution >= 4 is 17.5 Å². The van der Waals surface area contributed by atoms with Gasteiger partial charge in [-0.3, -0.25) is 4.79 Å². The Morgan fingerprint density at radius 1 is 1.09 bits per heavy atom. The molecule has 0 aliphatic carbocycles. The number of nitrogens with zero attached hydrogens (tertiary/aromatic N) is 1. The number of halogens is 1. The maximum Gasteiger partial charge on any atom is 0.289 e. The van der Waals surface area contributed by atoms with Crippen LogP contribution in [0.2, 0.25) is 5.02 Å². The fraction of sp³-hybridized carbons (Fsp3) is 0.346. The first-order valence-corrected chi connectivity index (χ1v) is 11.7. The van der Waals surface area contributed by atoms with E-state index in [2.05, 4.69) is 0 Å². The molecule has 0 unspecified atom stereocenters. The number of benzene rings is 2. The molecule has 0 spiro atoms. The highest BCUT2D eigenvalue weighted by Crippen LogP contribution is 2.39. The van der Waals surface area contributed by atoms with E-state index in [9.17, 15) is 4.79 Å².